The molecule has 0 aliphatic rings. The zero-order valence-corrected chi connectivity index (χ0v) is 16.3. The predicted octanol–water partition coefficient (Wildman–Crippen LogP) is 2.86. The van der Waals surface area contributed by atoms with Gasteiger partial charge in [0.1, 0.15) is 11.6 Å². The maximum Gasteiger partial charge on any atom is 0.266 e. The maximum atomic E-state index is 13.1. The first-order valence-corrected chi connectivity index (χ1v) is 9.23. The van der Waals surface area contributed by atoms with Crippen LogP contribution in [0.5, 0.6) is 5.75 Å². The quantitative estimate of drug-likeness (QED) is 0.668. The third kappa shape index (κ3) is 5.51. The number of halogens is 1. The lowest BCUT2D eigenvalue weighted by molar-refractivity contribution is -0.123. The van der Waals surface area contributed by atoms with E-state index in [-0.39, 0.29) is 37.0 Å². The lowest BCUT2D eigenvalue weighted by atomic mass is 10.1. The molecule has 7 heteroatoms. The molecular formula is C22H22FN3O3. The first-order chi connectivity index (χ1) is 13.9. The second-order valence-corrected chi connectivity index (χ2v) is 6.69. The van der Waals surface area contributed by atoms with Gasteiger partial charge in [-0.3, -0.25) is 9.59 Å². The molecule has 3 aromatic rings. The van der Waals surface area contributed by atoms with Gasteiger partial charge in [-0.15, -0.1) is 0 Å². The van der Waals surface area contributed by atoms with E-state index in [0.29, 0.717) is 17.0 Å². The van der Waals surface area contributed by atoms with Crippen molar-refractivity contribution in [3.8, 4) is 17.0 Å². The number of hydrogen-bond donors (Lipinski definition) is 1. The van der Waals surface area contributed by atoms with Crippen LogP contribution in [-0.2, 0) is 11.3 Å². The minimum atomic E-state index is -0.340. The minimum Gasteiger partial charge on any atom is -0.484 e. The van der Waals surface area contributed by atoms with Crippen LogP contribution in [0.4, 0.5) is 4.39 Å². The number of amides is 1. The Morgan fingerprint density at radius 2 is 1.86 bits per heavy atom. The summed E-state index contributed by atoms with van der Waals surface area (Å²) in [5.74, 6) is 0.0381. The monoisotopic (exact) mass is 395 g/mol. The number of carbonyl (C=O) groups excluding carboxylic acids is 1. The van der Waals surface area contributed by atoms with Crippen LogP contribution < -0.4 is 15.6 Å². The molecule has 3 rings (SSSR count). The second-order valence-electron chi connectivity index (χ2n) is 6.69. The smallest absolute Gasteiger partial charge is 0.266 e. The van der Waals surface area contributed by atoms with E-state index in [0.717, 1.165) is 11.1 Å². The number of ether oxygens (including phenoxy) is 1. The molecule has 0 aliphatic heterocycles. The summed E-state index contributed by atoms with van der Waals surface area (Å²) < 4.78 is 19.9. The maximum absolute atomic E-state index is 13.1. The van der Waals surface area contributed by atoms with E-state index in [1.165, 1.54) is 22.9 Å². The summed E-state index contributed by atoms with van der Waals surface area (Å²) in [5.41, 5.74) is 3.06. The Kier molecular flexibility index (Phi) is 6.39. The summed E-state index contributed by atoms with van der Waals surface area (Å²) in [7, 11) is 0. The van der Waals surface area contributed by atoms with Crippen molar-refractivity contribution in [1.29, 1.82) is 0 Å². The lowest BCUT2D eigenvalue weighted by Gasteiger charge is -2.11. The van der Waals surface area contributed by atoms with Crippen molar-refractivity contribution in [3.05, 3.63) is 81.9 Å². The van der Waals surface area contributed by atoms with Gasteiger partial charge in [-0.05, 0) is 55.8 Å². The molecule has 1 amide bonds. The summed E-state index contributed by atoms with van der Waals surface area (Å²) in [5, 5.41) is 6.99. The molecule has 150 valence electrons. The van der Waals surface area contributed by atoms with Crippen LogP contribution in [0.15, 0.2) is 59.4 Å². The minimum absolute atomic E-state index is 0.109. The first-order valence-electron chi connectivity index (χ1n) is 9.23. The normalized spacial score (nSPS) is 10.6. The molecule has 0 unspecified atom stereocenters. The van der Waals surface area contributed by atoms with Crippen LogP contribution in [0.1, 0.15) is 11.1 Å². The van der Waals surface area contributed by atoms with Gasteiger partial charge in [-0.1, -0.05) is 17.7 Å². The number of nitrogens with zero attached hydrogens (tertiary/aromatic N) is 2. The molecule has 0 spiro atoms. The third-order valence-corrected chi connectivity index (χ3v) is 4.34. The predicted molar refractivity (Wildman–Crippen MR) is 108 cm³/mol. The SMILES string of the molecule is Cc1ccc(OCC(=O)NCCn2nc(-c3ccc(F)cc3)ccc2=O)c(C)c1. The number of aromatic nitrogens is 2. The van der Waals surface area contributed by atoms with Crippen molar-refractivity contribution in [1.82, 2.24) is 15.1 Å². The molecule has 0 saturated heterocycles. The molecule has 6 nitrogen and oxygen atoms in total. The fraction of sp³-hybridized carbons (Fsp3) is 0.227. The molecule has 1 heterocycles. The third-order valence-electron chi connectivity index (χ3n) is 4.34. The highest BCUT2D eigenvalue weighted by atomic mass is 19.1. The van der Waals surface area contributed by atoms with Crippen LogP contribution in [0.2, 0.25) is 0 Å². The van der Waals surface area contributed by atoms with Crippen LogP contribution in [0.3, 0.4) is 0 Å². The van der Waals surface area contributed by atoms with Gasteiger partial charge in [-0.2, -0.15) is 5.10 Å². The zero-order chi connectivity index (χ0) is 20.8. The molecule has 1 N–H and O–H groups in total. The molecule has 0 bridgehead atoms. The highest BCUT2D eigenvalue weighted by Gasteiger charge is 2.07. The fourth-order valence-corrected chi connectivity index (χ4v) is 2.84. The van der Waals surface area contributed by atoms with Crippen LogP contribution in [-0.4, -0.2) is 28.8 Å². The Labute approximate surface area is 168 Å². The van der Waals surface area contributed by atoms with E-state index in [9.17, 15) is 14.0 Å². The Hall–Kier alpha value is -3.48. The van der Waals surface area contributed by atoms with E-state index < -0.39 is 0 Å². The molecule has 0 aliphatic carbocycles. The Balaban J connectivity index is 1.54. The van der Waals surface area contributed by atoms with E-state index in [1.807, 2.05) is 32.0 Å². The van der Waals surface area contributed by atoms with Gasteiger partial charge in [0.2, 0.25) is 0 Å². The van der Waals surface area contributed by atoms with Gasteiger partial charge >= 0.3 is 0 Å². The van der Waals surface area contributed by atoms with E-state index in [2.05, 4.69) is 10.4 Å². The van der Waals surface area contributed by atoms with Gasteiger partial charge in [0, 0.05) is 18.2 Å². The van der Waals surface area contributed by atoms with Gasteiger partial charge in [0.05, 0.1) is 12.2 Å². The van der Waals surface area contributed by atoms with E-state index in [1.54, 1.807) is 18.2 Å². The number of nitrogens with one attached hydrogen (secondary N) is 1. The number of aryl methyl sites for hydroxylation is 2. The largest absolute Gasteiger partial charge is 0.484 e. The summed E-state index contributed by atoms with van der Waals surface area (Å²) in [6.07, 6.45) is 0. The highest BCUT2D eigenvalue weighted by Crippen LogP contribution is 2.18. The summed E-state index contributed by atoms with van der Waals surface area (Å²) >= 11 is 0. The highest BCUT2D eigenvalue weighted by molar-refractivity contribution is 5.77. The average molecular weight is 395 g/mol. The van der Waals surface area contributed by atoms with Crippen molar-refractivity contribution in [2.45, 2.75) is 20.4 Å². The molecular weight excluding hydrogens is 373 g/mol. The Bertz CT molecular complexity index is 1060. The van der Waals surface area contributed by atoms with E-state index >= 15 is 0 Å². The number of hydrogen-bond acceptors (Lipinski definition) is 4. The average Bonchev–Trinajstić information content (AvgIpc) is 2.69. The molecule has 0 saturated carbocycles. The van der Waals surface area contributed by atoms with Gasteiger partial charge in [-0.25, -0.2) is 9.07 Å². The molecule has 2 aromatic carbocycles. The van der Waals surface area contributed by atoms with Crippen LogP contribution in [0, 0.1) is 19.7 Å². The summed E-state index contributed by atoms with van der Waals surface area (Å²) in [6.45, 7) is 4.25. The van der Waals surface area contributed by atoms with Crippen molar-refractivity contribution < 1.29 is 13.9 Å². The summed E-state index contributed by atoms with van der Waals surface area (Å²) in [4.78, 5) is 24.0. The fourth-order valence-electron chi connectivity index (χ4n) is 2.84. The molecule has 0 atom stereocenters. The van der Waals surface area contributed by atoms with Gasteiger partial charge in [0.15, 0.2) is 6.61 Å². The van der Waals surface area contributed by atoms with Crippen molar-refractivity contribution in [2.24, 2.45) is 0 Å². The second kappa shape index (κ2) is 9.14. The number of carbonyl (C=O) groups is 1. The zero-order valence-electron chi connectivity index (χ0n) is 16.3. The topological polar surface area (TPSA) is 73.2 Å². The van der Waals surface area contributed by atoms with Crippen molar-refractivity contribution in [3.63, 3.8) is 0 Å². The molecule has 0 fully saturated rings. The van der Waals surface area contributed by atoms with Crippen molar-refractivity contribution in [2.75, 3.05) is 13.2 Å². The Morgan fingerprint density at radius 1 is 1.10 bits per heavy atom. The Morgan fingerprint density at radius 3 is 2.59 bits per heavy atom. The molecule has 1 aromatic heterocycles. The van der Waals surface area contributed by atoms with Gasteiger partial charge < -0.3 is 10.1 Å². The number of benzene rings is 2. The molecule has 29 heavy (non-hydrogen) atoms. The summed E-state index contributed by atoms with van der Waals surface area (Å²) in [6, 6.07) is 14.6. The van der Waals surface area contributed by atoms with Crippen molar-refractivity contribution >= 4 is 5.91 Å². The molecule has 0 radical (unpaired) electrons. The number of rotatable bonds is 7. The van der Waals surface area contributed by atoms with Crippen LogP contribution in [0.25, 0.3) is 11.3 Å². The van der Waals surface area contributed by atoms with Crippen LogP contribution >= 0.6 is 0 Å². The first kappa shape index (κ1) is 20.3. The standard InChI is InChI=1S/C22H22FN3O3/c1-15-3-9-20(16(2)13-15)29-14-21(27)24-11-12-26-22(28)10-8-19(25-26)17-4-6-18(23)7-5-17/h3-10,13H,11-12,14H2,1-2H3,(H,24,27). The van der Waals surface area contributed by atoms with E-state index in [4.69, 9.17) is 4.74 Å². The lowest BCUT2D eigenvalue weighted by Crippen LogP contribution is -2.34. The van der Waals surface area contributed by atoms with Gasteiger partial charge in [0.25, 0.3) is 11.5 Å².